The second-order valence-corrected chi connectivity index (χ2v) is 5.63. The molecular formula is C17H16N2O3. The van der Waals surface area contributed by atoms with Gasteiger partial charge in [-0.15, -0.1) is 0 Å². The van der Waals surface area contributed by atoms with Crippen LogP contribution in [0.3, 0.4) is 0 Å². The van der Waals surface area contributed by atoms with Crippen LogP contribution in [0.15, 0.2) is 42.5 Å². The van der Waals surface area contributed by atoms with Gasteiger partial charge in [-0.3, -0.25) is 4.79 Å². The second kappa shape index (κ2) is 4.74. The van der Waals surface area contributed by atoms with Crippen LogP contribution in [0.2, 0.25) is 0 Å². The van der Waals surface area contributed by atoms with Gasteiger partial charge in [-0.05, 0) is 36.8 Å². The number of hydrogen-bond acceptors (Lipinski definition) is 4. The number of β-lactam (4-membered cyclic amide) rings is 1. The van der Waals surface area contributed by atoms with E-state index in [1.54, 1.807) is 4.90 Å². The summed E-state index contributed by atoms with van der Waals surface area (Å²) in [6.45, 7) is 2.25. The number of aryl methyl sites for hydroxylation is 1. The van der Waals surface area contributed by atoms with Crippen LogP contribution in [-0.2, 0) is 4.79 Å². The van der Waals surface area contributed by atoms with Gasteiger partial charge in [-0.25, -0.2) is 0 Å². The lowest BCUT2D eigenvalue weighted by atomic mass is 9.88. The van der Waals surface area contributed by atoms with E-state index in [-0.39, 0.29) is 18.7 Å². The van der Waals surface area contributed by atoms with Crippen LogP contribution in [0, 0.1) is 6.92 Å². The number of rotatable bonds is 2. The van der Waals surface area contributed by atoms with E-state index in [9.17, 15) is 4.79 Å². The van der Waals surface area contributed by atoms with Crippen LogP contribution in [-0.4, -0.2) is 18.7 Å². The lowest BCUT2D eigenvalue weighted by Crippen LogP contribution is -2.63. The predicted octanol–water partition coefficient (Wildman–Crippen LogP) is 2.14. The van der Waals surface area contributed by atoms with Crippen molar-refractivity contribution in [1.29, 1.82) is 0 Å². The molecule has 2 N–H and O–H groups in total. The van der Waals surface area contributed by atoms with Gasteiger partial charge in [0.1, 0.15) is 6.04 Å². The number of carbonyl (C=O) groups is 1. The van der Waals surface area contributed by atoms with Crippen molar-refractivity contribution in [1.82, 2.24) is 0 Å². The van der Waals surface area contributed by atoms with Gasteiger partial charge in [0.05, 0.1) is 6.04 Å². The van der Waals surface area contributed by atoms with Crippen LogP contribution >= 0.6 is 0 Å². The zero-order chi connectivity index (χ0) is 15.3. The smallest absolute Gasteiger partial charge is 0.247 e. The average molecular weight is 296 g/mol. The van der Waals surface area contributed by atoms with Gasteiger partial charge in [0.15, 0.2) is 11.5 Å². The molecule has 1 saturated heterocycles. The fourth-order valence-corrected chi connectivity index (χ4v) is 2.96. The summed E-state index contributed by atoms with van der Waals surface area (Å²) in [7, 11) is 0. The highest BCUT2D eigenvalue weighted by molar-refractivity contribution is 6.05. The standard InChI is InChI=1S/C17H16N2O3/c1-10-2-5-12(6-3-10)19-16(15(18)17(19)20)11-4-7-13-14(8-11)22-9-21-13/h2-8,15-16H,9,18H2,1H3/t15-,16-/m0/s1. The molecule has 5 heteroatoms. The molecule has 2 atom stereocenters. The summed E-state index contributed by atoms with van der Waals surface area (Å²) in [4.78, 5) is 13.9. The van der Waals surface area contributed by atoms with Gasteiger partial charge in [0, 0.05) is 5.69 Å². The Hall–Kier alpha value is -2.53. The minimum absolute atomic E-state index is 0.0634. The Labute approximate surface area is 128 Å². The summed E-state index contributed by atoms with van der Waals surface area (Å²) in [5.74, 6) is 1.37. The summed E-state index contributed by atoms with van der Waals surface area (Å²) in [6.07, 6.45) is 0. The van der Waals surface area contributed by atoms with E-state index in [2.05, 4.69) is 0 Å². The predicted molar refractivity (Wildman–Crippen MR) is 81.9 cm³/mol. The number of anilines is 1. The first-order valence-electron chi connectivity index (χ1n) is 7.20. The zero-order valence-corrected chi connectivity index (χ0v) is 12.2. The number of benzene rings is 2. The summed E-state index contributed by atoms with van der Waals surface area (Å²) in [5, 5.41) is 0. The molecule has 0 unspecified atom stereocenters. The Bertz CT molecular complexity index is 742. The van der Waals surface area contributed by atoms with Gasteiger partial charge in [0.25, 0.3) is 0 Å². The molecule has 0 aliphatic carbocycles. The molecule has 0 bridgehead atoms. The van der Waals surface area contributed by atoms with Crippen LogP contribution in [0.25, 0.3) is 0 Å². The van der Waals surface area contributed by atoms with E-state index >= 15 is 0 Å². The van der Waals surface area contributed by atoms with E-state index in [4.69, 9.17) is 15.2 Å². The Kier molecular flexibility index (Phi) is 2.84. The van der Waals surface area contributed by atoms with Crippen molar-refractivity contribution in [2.45, 2.75) is 19.0 Å². The fraction of sp³-hybridized carbons (Fsp3) is 0.235. The SMILES string of the molecule is Cc1ccc(N2C(=O)[C@@H](N)[C@@H]2c2ccc3c(c2)OCO3)cc1. The topological polar surface area (TPSA) is 64.8 Å². The van der Waals surface area contributed by atoms with Crippen molar-refractivity contribution in [2.75, 3.05) is 11.7 Å². The summed E-state index contributed by atoms with van der Waals surface area (Å²) < 4.78 is 10.7. The molecule has 2 heterocycles. The molecule has 1 fully saturated rings. The second-order valence-electron chi connectivity index (χ2n) is 5.63. The molecule has 2 aliphatic rings. The highest BCUT2D eigenvalue weighted by atomic mass is 16.7. The number of carbonyl (C=O) groups excluding carboxylic acids is 1. The van der Waals surface area contributed by atoms with Crippen LogP contribution in [0.1, 0.15) is 17.2 Å². The maximum atomic E-state index is 12.2. The van der Waals surface area contributed by atoms with Gasteiger partial charge < -0.3 is 20.1 Å². The molecule has 4 rings (SSSR count). The van der Waals surface area contributed by atoms with E-state index in [1.807, 2.05) is 49.4 Å². The molecule has 0 spiro atoms. The van der Waals surface area contributed by atoms with E-state index in [0.29, 0.717) is 5.75 Å². The highest BCUT2D eigenvalue weighted by Gasteiger charge is 2.46. The summed E-state index contributed by atoms with van der Waals surface area (Å²) >= 11 is 0. The molecule has 2 aromatic rings. The van der Waals surface area contributed by atoms with Crippen LogP contribution in [0.5, 0.6) is 11.5 Å². The number of fused-ring (bicyclic) bond motifs is 1. The molecule has 0 saturated carbocycles. The zero-order valence-electron chi connectivity index (χ0n) is 12.2. The van der Waals surface area contributed by atoms with Gasteiger partial charge >= 0.3 is 0 Å². The third-order valence-corrected chi connectivity index (χ3v) is 4.19. The minimum Gasteiger partial charge on any atom is -0.454 e. The molecule has 0 radical (unpaired) electrons. The van der Waals surface area contributed by atoms with Crippen molar-refractivity contribution in [3.63, 3.8) is 0 Å². The first kappa shape index (κ1) is 13.2. The number of amides is 1. The van der Waals surface area contributed by atoms with Gasteiger partial charge in [-0.2, -0.15) is 0 Å². The van der Waals surface area contributed by atoms with Crippen molar-refractivity contribution in [2.24, 2.45) is 5.73 Å². The van der Waals surface area contributed by atoms with Crippen LogP contribution in [0.4, 0.5) is 5.69 Å². The molecular weight excluding hydrogens is 280 g/mol. The fourth-order valence-electron chi connectivity index (χ4n) is 2.96. The first-order valence-corrected chi connectivity index (χ1v) is 7.20. The molecule has 0 aromatic heterocycles. The normalized spacial score (nSPS) is 22.6. The third-order valence-electron chi connectivity index (χ3n) is 4.19. The average Bonchev–Trinajstić information content (AvgIpc) is 3.00. The maximum Gasteiger partial charge on any atom is 0.247 e. The summed E-state index contributed by atoms with van der Waals surface area (Å²) in [6, 6.07) is 12.9. The first-order chi connectivity index (χ1) is 10.6. The third kappa shape index (κ3) is 1.86. The molecule has 5 nitrogen and oxygen atoms in total. The lowest BCUT2D eigenvalue weighted by molar-refractivity contribution is -0.126. The maximum absolute atomic E-state index is 12.2. The summed E-state index contributed by atoms with van der Waals surface area (Å²) in [5.41, 5.74) is 9.01. The highest BCUT2D eigenvalue weighted by Crippen LogP contribution is 2.42. The Morgan fingerprint density at radius 2 is 1.82 bits per heavy atom. The molecule has 112 valence electrons. The Balaban J connectivity index is 1.70. The molecule has 2 aromatic carbocycles. The van der Waals surface area contributed by atoms with Crippen LogP contribution < -0.4 is 20.1 Å². The monoisotopic (exact) mass is 296 g/mol. The Morgan fingerprint density at radius 1 is 1.09 bits per heavy atom. The Morgan fingerprint density at radius 3 is 2.59 bits per heavy atom. The van der Waals surface area contributed by atoms with E-state index in [1.165, 1.54) is 0 Å². The minimum atomic E-state index is -0.526. The van der Waals surface area contributed by atoms with E-state index < -0.39 is 6.04 Å². The number of ether oxygens (including phenoxy) is 2. The molecule has 2 aliphatic heterocycles. The van der Waals surface area contributed by atoms with Crippen molar-refractivity contribution >= 4 is 11.6 Å². The molecule has 22 heavy (non-hydrogen) atoms. The largest absolute Gasteiger partial charge is 0.454 e. The van der Waals surface area contributed by atoms with E-state index in [0.717, 1.165) is 22.6 Å². The lowest BCUT2D eigenvalue weighted by Gasteiger charge is -2.45. The molecule has 1 amide bonds. The quantitative estimate of drug-likeness (QED) is 0.862. The van der Waals surface area contributed by atoms with Crippen molar-refractivity contribution < 1.29 is 14.3 Å². The number of nitrogens with two attached hydrogens (primary N) is 1. The van der Waals surface area contributed by atoms with Crippen molar-refractivity contribution in [3.8, 4) is 11.5 Å². The number of hydrogen-bond donors (Lipinski definition) is 1. The van der Waals surface area contributed by atoms with Gasteiger partial charge in [-0.1, -0.05) is 23.8 Å². The number of nitrogens with zero attached hydrogens (tertiary/aromatic N) is 1. The van der Waals surface area contributed by atoms with Gasteiger partial charge in [0.2, 0.25) is 12.7 Å². The van der Waals surface area contributed by atoms with Crippen molar-refractivity contribution in [3.05, 3.63) is 53.6 Å².